The minimum atomic E-state index is -4.53. The summed E-state index contributed by atoms with van der Waals surface area (Å²) in [6.45, 7) is 3.77. The van der Waals surface area contributed by atoms with Gasteiger partial charge in [-0.2, -0.15) is 8.42 Å². The molecule has 0 saturated carbocycles. The maximum atomic E-state index is 11.7. The standard InChI is InChI=1S/C7H11ClN2O5S/c1-4(16(13,14)15)9-5(11)7(2,3)10(8)6(9)12/h4H,1-3H3,(H,13,14,15). The van der Waals surface area contributed by atoms with E-state index in [1.54, 1.807) is 0 Å². The predicted octanol–water partition coefficient (Wildman–Crippen LogP) is 0.417. The van der Waals surface area contributed by atoms with Gasteiger partial charge in [0.2, 0.25) is 0 Å². The molecule has 0 aromatic heterocycles. The third-order valence-electron chi connectivity index (χ3n) is 2.40. The normalized spacial score (nSPS) is 22.8. The van der Waals surface area contributed by atoms with Gasteiger partial charge in [-0.3, -0.25) is 9.35 Å². The molecule has 0 aliphatic carbocycles. The Morgan fingerprint density at radius 1 is 1.38 bits per heavy atom. The number of hydrogen-bond acceptors (Lipinski definition) is 4. The Hall–Kier alpha value is -0.860. The second-order valence-electron chi connectivity index (χ2n) is 3.91. The van der Waals surface area contributed by atoms with Crippen molar-refractivity contribution >= 4 is 33.8 Å². The second kappa shape index (κ2) is 3.57. The van der Waals surface area contributed by atoms with E-state index in [1.807, 2.05) is 0 Å². The smallest absolute Gasteiger partial charge is 0.284 e. The van der Waals surface area contributed by atoms with E-state index in [4.69, 9.17) is 16.3 Å². The lowest BCUT2D eigenvalue weighted by atomic mass is 10.1. The maximum absolute atomic E-state index is 11.7. The number of urea groups is 1. The molecule has 3 amide bonds. The van der Waals surface area contributed by atoms with Gasteiger partial charge in [-0.25, -0.2) is 14.1 Å². The van der Waals surface area contributed by atoms with Crippen molar-refractivity contribution in [2.24, 2.45) is 0 Å². The summed E-state index contributed by atoms with van der Waals surface area (Å²) in [5, 5.41) is -1.66. The topological polar surface area (TPSA) is 95.0 Å². The van der Waals surface area contributed by atoms with Crippen molar-refractivity contribution in [2.75, 3.05) is 0 Å². The number of rotatable bonds is 2. The first-order valence-electron chi connectivity index (χ1n) is 4.31. The number of halogens is 1. The Balaban J connectivity index is 3.20. The zero-order chi connectivity index (χ0) is 12.9. The highest BCUT2D eigenvalue weighted by atomic mass is 35.5. The first kappa shape index (κ1) is 13.2. The van der Waals surface area contributed by atoms with Crippen LogP contribution in [-0.4, -0.2) is 45.1 Å². The Morgan fingerprint density at radius 3 is 2.06 bits per heavy atom. The fraction of sp³-hybridized carbons (Fsp3) is 0.714. The molecule has 1 saturated heterocycles. The van der Waals surface area contributed by atoms with Gasteiger partial charge in [0.05, 0.1) is 0 Å². The van der Waals surface area contributed by atoms with Crippen molar-refractivity contribution in [3.8, 4) is 0 Å². The van der Waals surface area contributed by atoms with Crippen LogP contribution in [0.15, 0.2) is 0 Å². The average Bonchev–Trinajstić information content (AvgIpc) is 2.27. The number of carbonyl (C=O) groups is 2. The Bertz CT molecular complexity index is 446. The SMILES string of the molecule is CC(N1C(=O)N(Cl)C(C)(C)C1=O)S(=O)(=O)O. The molecule has 0 spiro atoms. The number of amides is 3. The Labute approximate surface area is 97.8 Å². The summed E-state index contributed by atoms with van der Waals surface area (Å²) in [5.41, 5.74) is -1.34. The third-order valence-corrected chi connectivity index (χ3v) is 4.04. The van der Waals surface area contributed by atoms with Crippen LogP contribution in [0.1, 0.15) is 20.8 Å². The van der Waals surface area contributed by atoms with E-state index >= 15 is 0 Å². The number of carbonyl (C=O) groups excluding carboxylic acids is 2. The summed E-state index contributed by atoms with van der Waals surface area (Å²) in [6.07, 6.45) is 0. The molecule has 16 heavy (non-hydrogen) atoms. The average molecular weight is 271 g/mol. The molecular formula is C7H11ClN2O5S. The highest BCUT2D eigenvalue weighted by molar-refractivity contribution is 7.86. The Morgan fingerprint density at radius 2 is 1.81 bits per heavy atom. The van der Waals surface area contributed by atoms with Crippen LogP contribution in [-0.2, 0) is 14.9 Å². The van der Waals surface area contributed by atoms with Gasteiger partial charge in [0.1, 0.15) is 5.54 Å². The van der Waals surface area contributed by atoms with E-state index in [9.17, 15) is 18.0 Å². The molecule has 0 radical (unpaired) electrons. The summed E-state index contributed by atoms with van der Waals surface area (Å²) >= 11 is 5.58. The molecule has 1 N–H and O–H groups in total. The van der Waals surface area contributed by atoms with Gasteiger partial charge in [0, 0.05) is 11.8 Å². The Kier molecular flexibility index (Phi) is 2.95. The molecule has 0 bridgehead atoms. The summed E-state index contributed by atoms with van der Waals surface area (Å²) in [7, 11) is -4.53. The molecule has 0 aromatic rings. The van der Waals surface area contributed by atoms with Crippen LogP contribution in [0.25, 0.3) is 0 Å². The van der Waals surface area contributed by atoms with Crippen LogP contribution in [0.4, 0.5) is 4.79 Å². The molecule has 1 heterocycles. The van der Waals surface area contributed by atoms with E-state index < -0.39 is 33.0 Å². The van der Waals surface area contributed by atoms with Crippen molar-refractivity contribution in [1.82, 2.24) is 9.32 Å². The highest BCUT2D eigenvalue weighted by Gasteiger charge is 2.54. The van der Waals surface area contributed by atoms with Gasteiger partial charge < -0.3 is 0 Å². The molecule has 9 heteroatoms. The van der Waals surface area contributed by atoms with E-state index in [0.29, 0.717) is 9.32 Å². The monoisotopic (exact) mass is 270 g/mol. The van der Waals surface area contributed by atoms with Crippen LogP contribution in [0, 0.1) is 0 Å². The van der Waals surface area contributed by atoms with Gasteiger partial charge in [-0.05, 0) is 20.8 Å². The molecule has 7 nitrogen and oxygen atoms in total. The second-order valence-corrected chi connectivity index (χ2v) is 5.96. The molecule has 1 aliphatic rings. The first-order valence-corrected chi connectivity index (χ1v) is 6.15. The van der Waals surface area contributed by atoms with Crippen LogP contribution in [0.3, 0.4) is 0 Å². The lowest BCUT2D eigenvalue weighted by Crippen LogP contribution is -2.45. The van der Waals surface area contributed by atoms with Gasteiger partial charge in [0.15, 0.2) is 5.37 Å². The molecular weight excluding hydrogens is 260 g/mol. The van der Waals surface area contributed by atoms with Crippen molar-refractivity contribution in [2.45, 2.75) is 31.7 Å². The summed E-state index contributed by atoms with van der Waals surface area (Å²) in [5.74, 6) is -0.780. The first-order chi connectivity index (χ1) is 7.01. The van der Waals surface area contributed by atoms with Crippen LogP contribution in [0.2, 0.25) is 0 Å². The van der Waals surface area contributed by atoms with Gasteiger partial charge in [0.25, 0.3) is 16.0 Å². The van der Waals surface area contributed by atoms with Crippen molar-refractivity contribution < 1.29 is 22.6 Å². The van der Waals surface area contributed by atoms with Crippen molar-refractivity contribution in [1.29, 1.82) is 0 Å². The molecule has 1 fully saturated rings. The number of hydrogen-bond donors (Lipinski definition) is 1. The summed E-state index contributed by atoms with van der Waals surface area (Å²) < 4.78 is 31.2. The minimum Gasteiger partial charge on any atom is -0.284 e. The summed E-state index contributed by atoms with van der Waals surface area (Å²) in [6, 6.07) is -0.971. The molecule has 0 aromatic carbocycles. The lowest BCUT2D eigenvalue weighted by Gasteiger charge is -2.20. The van der Waals surface area contributed by atoms with Crippen molar-refractivity contribution in [3.05, 3.63) is 0 Å². The van der Waals surface area contributed by atoms with Crippen LogP contribution in [0.5, 0.6) is 0 Å². The quantitative estimate of drug-likeness (QED) is 0.446. The van der Waals surface area contributed by atoms with Gasteiger partial charge >= 0.3 is 6.03 Å². The van der Waals surface area contributed by atoms with E-state index in [2.05, 4.69) is 0 Å². The molecule has 92 valence electrons. The molecule has 1 atom stereocenters. The zero-order valence-corrected chi connectivity index (χ0v) is 10.4. The van der Waals surface area contributed by atoms with Gasteiger partial charge in [-0.15, -0.1) is 0 Å². The molecule has 1 aliphatic heterocycles. The maximum Gasteiger partial charge on any atom is 0.343 e. The molecule has 1 unspecified atom stereocenters. The number of nitrogens with zero attached hydrogens (tertiary/aromatic N) is 2. The highest BCUT2D eigenvalue weighted by Crippen LogP contribution is 2.31. The minimum absolute atomic E-state index is 0.419. The lowest BCUT2D eigenvalue weighted by molar-refractivity contribution is -0.131. The van der Waals surface area contributed by atoms with Crippen LogP contribution < -0.4 is 0 Å². The zero-order valence-electron chi connectivity index (χ0n) is 8.84. The largest absolute Gasteiger partial charge is 0.343 e. The third kappa shape index (κ3) is 1.76. The fourth-order valence-electron chi connectivity index (χ4n) is 1.25. The fourth-order valence-corrected chi connectivity index (χ4v) is 1.86. The van der Waals surface area contributed by atoms with Crippen molar-refractivity contribution in [3.63, 3.8) is 0 Å². The van der Waals surface area contributed by atoms with E-state index in [-0.39, 0.29) is 0 Å². The van der Waals surface area contributed by atoms with E-state index in [1.165, 1.54) is 13.8 Å². The number of imide groups is 1. The summed E-state index contributed by atoms with van der Waals surface area (Å²) in [4.78, 5) is 23.7. The van der Waals surface area contributed by atoms with E-state index in [0.717, 1.165) is 6.92 Å². The molecule has 1 rings (SSSR count). The predicted molar refractivity (Wildman–Crippen MR) is 55.0 cm³/mol. The van der Waals surface area contributed by atoms with Gasteiger partial charge in [-0.1, -0.05) is 0 Å². The van der Waals surface area contributed by atoms with Crippen LogP contribution >= 0.6 is 11.8 Å².